The van der Waals surface area contributed by atoms with E-state index in [2.05, 4.69) is 11.1 Å². The van der Waals surface area contributed by atoms with Crippen LogP contribution in [-0.2, 0) is 9.53 Å². The highest BCUT2D eigenvalue weighted by atomic mass is 16.6. The summed E-state index contributed by atoms with van der Waals surface area (Å²) >= 11 is 0. The Balaban J connectivity index is 1.75. The predicted octanol–water partition coefficient (Wildman–Crippen LogP) is 4.09. The van der Waals surface area contributed by atoms with E-state index in [0.717, 1.165) is 24.8 Å². The molecule has 6 heteroatoms. The van der Waals surface area contributed by atoms with E-state index >= 15 is 0 Å². The minimum atomic E-state index is -0.540. The van der Waals surface area contributed by atoms with Gasteiger partial charge >= 0.3 is 6.09 Å². The van der Waals surface area contributed by atoms with Crippen LogP contribution in [0.5, 0.6) is 0 Å². The molecule has 1 aromatic rings. The van der Waals surface area contributed by atoms with Gasteiger partial charge < -0.3 is 14.5 Å². The van der Waals surface area contributed by atoms with Crippen LogP contribution in [0.2, 0.25) is 0 Å². The van der Waals surface area contributed by atoms with E-state index in [0.29, 0.717) is 26.1 Å². The quantitative estimate of drug-likeness (QED) is 0.735. The number of carbonyl (C=O) groups excluding carboxylic acids is 2. The molecule has 0 bridgehead atoms. The lowest BCUT2D eigenvalue weighted by Gasteiger charge is -2.42. The maximum absolute atomic E-state index is 13.1. The Bertz CT molecular complexity index is 724. The maximum Gasteiger partial charge on any atom is 0.410 e. The number of piperazine rings is 1. The van der Waals surface area contributed by atoms with Gasteiger partial charge in [0, 0.05) is 38.4 Å². The molecule has 152 valence electrons. The third-order valence-electron chi connectivity index (χ3n) is 5.18. The molecule has 1 saturated heterocycles. The lowest BCUT2D eigenvalue weighted by molar-refractivity contribution is -0.135. The van der Waals surface area contributed by atoms with Crippen LogP contribution >= 0.6 is 0 Å². The van der Waals surface area contributed by atoms with Crippen LogP contribution in [-0.4, -0.2) is 52.0 Å². The zero-order valence-electron chi connectivity index (χ0n) is 17.2. The SMILES string of the molecule is CC(C)(C)OC(=O)N1CCN(C(=O)CC2=CCCCC2)[C@@H](c2cccnc2)C1. The molecule has 6 nitrogen and oxygen atoms in total. The van der Waals surface area contributed by atoms with Crippen LogP contribution < -0.4 is 0 Å². The number of pyridine rings is 1. The second kappa shape index (κ2) is 8.76. The van der Waals surface area contributed by atoms with Crippen LogP contribution in [0.15, 0.2) is 36.2 Å². The topological polar surface area (TPSA) is 62.7 Å². The Labute approximate surface area is 167 Å². The molecule has 1 fully saturated rings. The van der Waals surface area contributed by atoms with Gasteiger partial charge in [-0.25, -0.2) is 4.79 Å². The zero-order valence-corrected chi connectivity index (χ0v) is 17.2. The smallest absolute Gasteiger partial charge is 0.410 e. The first-order chi connectivity index (χ1) is 13.3. The number of rotatable bonds is 3. The molecule has 0 unspecified atom stereocenters. The van der Waals surface area contributed by atoms with Crippen molar-refractivity contribution >= 4 is 12.0 Å². The Kier molecular flexibility index (Phi) is 6.37. The minimum Gasteiger partial charge on any atom is -0.444 e. The highest BCUT2D eigenvalue weighted by Crippen LogP contribution is 2.29. The average molecular weight is 386 g/mol. The molecule has 28 heavy (non-hydrogen) atoms. The number of amides is 2. The molecule has 0 saturated carbocycles. The van der Waals surface area contributed by atoms with Crippen molar-refractivity contribution in [1.29, 1.82) is 0 Å². The second-order valence-electron chi connectivity index (χ2n) is 8.60. The Morgan fingerprint density at radius 3 is 2.71 bits per heavy atom. The van der Waals surface area contributed by atoms with E-state index in [1.807, 2.05) is 37.8 Å². The number of carbonyl (C=O) groups is 2. The van der Waals surface area contributed by atoms with Gasteiger partial charge in [-0.2, -0.15) is 0 Å². The van der Waals surface area contributed by atoms with E-state index in [4.69, 9.17) is 4.74 Å². The fraction of sp³-hybridized carbons (Fsp3) is 0.591. The first-order valence-corrected chi connectivity index (χ1v) is 10.2. The minimum absolute atomic E-state index is 0.130. The summed E-state index contributed by atoms with van der Waals surface area (Å²) < 4.78 is 5.54. The lowest BCUT2D eigenvalue weighted by atomic mass is 9.96. The molecule has 1 atom stereocenters. The molecule has 1 aliphatic heterocycles. The van der Waals surface area contributed by atoms with E-state index in [1.165, 1.54) is 12.0 Å². The summed E-state index contributed by atoms with van der Waals surface area (Å²) in [6.07, 6.45) is 10.3. The number of aromatic nitrogens is 1. The molecule has 2 heterocycles. The van der Waals surface area contributed by atoms with Gasteiger partial charge in [0.05, 0.1) is 6.04 Å². The normalized spacial score (nSPS) is 20.5. The fourth-order valence-corrected chi connectivity index (χ4v) is 3.79. The average Bonchev–Trinajstić information content (AvgIpc) is 2.67. The summed E-state index contributed by atoms with van der Waals surface area (Å²) in [6.45, 7) is 7.00. The van der Waals surface area contributed by atoms with Crippen molar-refractivity contribution in [2.45, 2.75) is 64.5 Å². The second-order valence-corrected chi connectivity index (χ2v) is 8.60. The molecule has 2 amide bonds. The van der Waals surface area contributed by atoms with Crippen molar-refractivity contribution in [3.63, 3.8) is 0 Å². The van der Waals surface area contributed by atoms with Gasteiger partial charge in [0.2, 0.25) is 5.91 Å². The molecular formula is C22H31N3O3. The maximum atomic E-state index is 13.1. The molecule has 3 rings (SSSR count). The summed E-state index contributed by atoms with van der Waals surface area (Å²) in [4.78, 5) is 33.5. The van der Waals surface area contributed by atoms with Crippen molar-refractivity contribution in [1.82, 2.24) is 14.8 Å². The zero-order chi connectivity index (χ0) is 20.1. The van der Waals surface area contributed by atoms with E-state index in [9.17, 15) is 9.59 Å². The first-order valence-electron chi connectivity index (χ1n) is 10.2. The van der Waals surface area contributed by atoms with Gasteiger partial charge in [0.1, 0.15) is 5.60 Å². The molecule has 1 aromatic heterocycles. The summed E-state index contributed by atoms with van der Waals surface area (Å²) in [5, 5.41) is 0. The summed E-state index contributed by atoms with van der Waals surface area (Å²) in [5.74, 6) is 0.130. The van der Waals surface area contributed by atoms with Crippen molar-refractivity contribution in [3.8, 4) is 0 Å². The lowest BCUT2D eigenvalue weighted by Crippen LogP contribution is -2.53. The monoisotopic (exact) mass is 385 g/mol. The van der Waals surface area contributed by atoms with Gasteiger partial charge in [-0.1, -0.05) is 17.7 Å². The van der Waals surface area contributed by atoms with Gasteiger partial charge in [0.25, 0.3) is 0 Å². The molecule has 2 aliphatic rings. The van der Waals surface area contributed by atoms with E-state index < -0.39 is 5.60 Å². The van der Waals surface area contributed by atoms with Crippen LogP contribution in [0.1, 0.15) is 64.5 Å². The van der Waals surface area contributed by atoms with Crippen LogP contribution in [0.25, 0.3) is 0 Å². The number of allylic oxidation sites excluding steroid dienone is 1. The first kappa shape index (κ1) is 20.4. The Hall–Kier alpha value is -2.37. The van der Waals surface area contributed by atoms with Crippen molar-refractivity contribution < 1.29 is 14.3 Å². The Morgan fingerprint density at radius 1 is 1.25 bits per heavy atom. The van der Waals surface area contributed by atoms with E-state index in [-0.39, 0.29) is 18.0 Å². The van der Waals surface area contributed by atoms with Crippen molar-refractivity contribution in [2.24, 2.45) is 0 Å². The van der Waals surface area contributed by atoms with Crippen LogP contribution in [0.4, 0.5) is 4.79 Å². The van der Waals surface area contributed by atoms with E-state index in [1.54, 1.807) is 17.3 Å². The van der Waals surface area contributed by atoms with Gasteiger partial charge in [-0.05, 0) is 58.1 Å². The number of ether oxygens (including phenoxy) is 1. The van der Waals surface area contributed by atoms with Gasteiger partial charge in [-0.3, -0.25) is 9.78 Å². The summed E-state index contributed by atoms with van der Waals surface area (Å²) in [6, 6.07) is 3.64. The molecule has 1 aliphatic carbocycles. The number of nitrogens with zero attached hydrogens (tertiary/aromatic N) is 3. The molecule has 0 N–H and O–H groups in total. The number of hydrogen-bond acceptors (Lipinski definition) is 4. The van der Waals surface area contributed by atoms with Crippen LogP contribution in [0.3, 0.4) is 0 Å². The summed E-state index contributed by atoms with van der Waals surface area (Å²) in [7, 11) is 0. The molecule has 0 radical (unpaired) electrons. The highest BCUT2D eigenvalue weighted by molar-refractivity contribution is 5.80. The largest absolute Gasteiger partial charge is 0.444 e. The van der Waals surface area contributed by atoms with Crippen molar-refractivity contribution in [3.05, 3.63) is 41.7 Å². The van der Waals surface area contributed by atoms with Crippen molar-refractivity contribution in [2.75, 3.05) is 19.6 Å². The predicted molar refractivity (Wildman–Crippen MR) is 108 cm³/mol. The third kappa shape index (κ3) is 5.33. The summed E-state index contributed by atoms with van der Waals surface area (Å²) in [5.41, 5.74) is 1.65. The molecular weight excluding hydrogens is 354 g/mol. The standard InChI is InChI=1S/C22H31N3O3/c1-22(2,3)28-21(27)24-12-13-25(19(16-24)18-10-7-11-23-15-18)20(26)14-17-8-5-4-6-9-17/h7-8,10-11,15,19H,4-6,9,12-14,16H2,1-3H3/t19-/m1/s1. The highest BCUT2D eigenvalue weighted by Gasteiger charge is 2.35. The van der Waals surface area contributed by atoms with Gasteiger partial charge in [-0.15, -0.1) is 0 Å². The fourth-order valence-electron chi connectivity index (χ4n) is 3.79. The van der Waals surface area contributed by atoms with Gasteiger partial charge in [0.15, 0.2) is 0 Å². The van der Waals surface area contributed by atoms with Crippen LogP contribution in [0, 0.1) is 0 Å². The Morgan fingerprint density at radius 2 is 2.07 bits per heavy atom. The molecule has 0 spiro atoms. The molecule has 0 aromatic carbocycles. The third-order valence-corrected chi connectivity index (χ3v) is 5.18. The number of hydrogen-bond donors (Lipinski definition) is 0.